The Morgan fingerprint density at radius 3 is 2.30 bits per heavy atom. The Hall–Kier alpha value is -5.72. The summed E-state index contributed by atoms with van der Waals surface area (Å²) >= 11 is 0. The van der Waals surface area contributed by atoms with Crippen LogP contribution >= 0.6 is 0 Å². The van der Waals surface area contributed by atoms with Gasteiger partial charge >= 0.3 is 11.4 Å². The lowest BCUT2D eigenvalue weighted by molar-refractivity contribution is -0.392. The number of nitrogens with zero attached hydrogens (tertiary/aromatic N) is 4. The molecule has 4 aliphatic rings. The summed E-state index contributed by atoms with van der Waals surface area (Å²) in [6.45, 7) is 5.29. The minimum Gasteiger partial charge on any atom is -0.507 e. The fourth-order valence-electron chi connectivity index (χ4n) is 7.59. The number of carbonyl (C=O) groups excluding carboxylic acids is 4. The maximum atomic E-state index is 14.3. The van der Waals surface area contributed by atoms with E-state index in [2.05, 4.69) is 6.58 Å². The van der Waals surface area contributed by atoms with Gasteiger partial charge in [-0.1, -0.05) is 35.9 Å². The van der Waals surface area contributed by atoms with Crippen LogP contribution in [0.5, 0.6) is 5.75 Å². The monoisotopic (exact) mass is 638 g/mol. The number of amides is 2. The second-order valence-electron chi connectivity index (χ2n) is 12.3. The van der Waals surface area contributed by atoms with Crippen molar-refractivity contribution in [1.82, 2.24) is 0 Å². The molecule has 240 valence electrons. The van der Waals surface area contributed by atoms with Crippen LogP contribution in [0.2, 0.25) is 0 Å². The van der Waals surface area contributed by atoms with Gasteiger partial charge in [-0.3, -0.25) is 39.4 Å². The summed E-state index contributed by atoms with van der Waals surface area (Å²) in [4.78, 5) is 79.7. The Morgan fingerprint density at radius 2 is 1.70 bits per heavy atom. The molecule has 0 aromatic heterocycles. The van der Waals surface area contributed by atoms with Crippen molar-refractivity contribution in [3.05, 3.63) is 109 Å². The van der Waals surface area contributed by atoms with Gasteiger partial charge in [0.2, 0.25) is 11.8 Å². The zero-order valence-corrected chi connectivity index (χ0v) is 25.8. The van der Waals surface area contributed by atoms with Crippen LogP contribution in [-0.4, -0.2) is 52.4 Å². The van der Waals surface area contributed by atoms with Gasteiger partial charge in [0.05, 0.1) is 27.4 Å². The molecule has 3 aliphatic carbocycles. The average Bonchev–Trinajstić information content (AvgIpc) is 3.28. The fraction of sp³-hybridized carbons (Fsp3) is 0.294. The number of hydrogen-bond acceptors (Lipinski definition) is 10. The van der Waals surface area contributed by atoms with Gasteiger partial charge in [0.25, 0.3) is 0 Å². The third-order valence-corrected chi connectivity index (χ3v) is 9.54. The van der Waals surface area contributed by atoms with E-state index in [1.165, 1.54) is 25.1 Å². The second kappa shape index (κ2) is 11.3. The number of carbonyl (C=O) groups is 4. The Kier molecular flexibility index (Phi) is 7.49. The molecule has 1 aliphatic heterocycles. The van der Waals surface area contributed by atoms with Crippen LogP contribution in [0.3, 0.4) is 0 Å². The third kappa shape index (κ3) is 4.68. The van der Waals surface area contributed by atoms with Gasteiger partial charge in [-0.05, 0) is 43.7 Å². The SMILES string of the molecule is C=CCc1cccc(C2C3=CCC4C(=O)N(c5cc([N+](=O)[O-])c(N(C)C)c([N+](=O)[O-])c5)C(=O)C4C3CC3=C2C(=O)C(C)=CC3=O)c1O. The number of rotatable bonds is 7. The number of ketones is 2. The van der Waals surface area contributed by atoms with Crippen molar-refractivity contribution >= 4 is 46.1 Å². The Balaban J connectivity index is 1.50. The highest BCUT2D eigenvalue weighted by atomic mass is 16.6. The molecule has 0 saturated carbocycles. The molecule has 1 heterocycles. The first-order chi connectivity index (χ1) is 22.3. The molecule has 2 aromatic carbocycles. The number of benzene rings is 2. The molecule has 2 amide bonds. The van der Waals surface area contributed by atoms with E-state index in [9.17, 15) is 44.5 Å². The van der Waals surface area contributed by atoms with Crippen molar-refractivity contribution < 1.29 is 34.1 Å². The lowest BCUT2D eigenvalue weighted by Gasteiger charge is -2.42. The summed E-state index contributed by atoms with van der Waals surface area (Å²) in [6, 6.07) is 7.07. The van der Waals surface area contributed by atoms with E-state index in [1.54, 1.807) is 37.3 Å². The minimum absolute atomic E-state index is 0.0208. The molecule has 47 heavy (non-hydrogen) atoms. The summed E-state index contributed by atoms with van der Waals surface area (Å²) in [5, 5.41) is 35.4. The molecular weight excluding hydrogens is 608 g/mol. The molecule has 0 radical (unpaired) electrons. The molecule has 0 spiro atoms. The summed E-state index contributed by atoms with van der Waals surface area (Å²) in [7, 11) is 2.81. The van der Waals surface area contributed by atoms with Gasteiger partial charge in [-0.2, -0.15) is 0 Å². The van der Waals surface area contributed by atoms with Crippen LogP contribution in [0.4, 0.5) is 22.7 Å². The normalized spacial score (nSPS) is 23.5. The number of hydrogen-bond donors (Lipinski definition) is 1. The van der Waals surface area contributed by atoms with E-state index < -0.39 is 62.5 Å². The lowest BCUT2D eigenvalue weighted by atomic mass is 9.59. The molecule has 1 saturated heterocycles. The van der Waals surface area contributed by atoms with E-state index in [4.69, 9.17) is 0 Å². The number of imide groups is 1. The molecule has 2 aromatic rings. The van der Waals surface area contributed by atoms with Crippen LogP contribution in [0.1, 0.15) is 36.8 Å². The van der Waals surface area contributed by atoms with Crippen molar-refractivity contribution in [3.8, 4) is 5.75 Å². The van der Waals surface area contributed by atoms with E-state index >= 15 is 0 Å². The number of phenols is 1. The molecule has 0 bridgehead atoms. The Labute approximate surface area is 268 Å². The molecule has 4 atom stereocenters. The van der Waals surface area contributed by atoms with Crippen molar-refractivity contribution in [2.24, 2.45) is 17.8 Å². The molecule has 13 heteroatoms. The second-order valence-corrected chi connectivity index (χ2v) is 12.3. The molecule has 1 fully saturated rings. The number of phenolic OH excluding ortho intramolecular Hbond substituents is 1. The quantitative estimate of drug-likeness (QED) is 0.148. The first kappa shape index (κ1) is 31.3. The van der Waals surface area contributed by atoms with Crippen LogP contribution in [-0.2, 0) is 25.6 Å². The topological polar surface area (TPSA) is 181 Å². The average molecular weight is 639 g/mol. The fourth-order valence-corrected chi connectivity index (χ4v) is 7.59. The number of anilines is 2. The predicted molar refractivity (Wildman–Crippen MR) is 170 cm³/mol. The highest BCUT2D eigenvalue weighted by Crippen LogP contribution is 2.57. The highest BCUT2D eigenvalue weighted by molar-refractivity contribution is 6.25. The maximum Gasteiger partial charge on any atom is 0.301 e. The van der Waals surface area contributed by atoms with Crippen molar-refractivity contribution in [2.75, 3.05) is 23.9 Å². The van der Waals surface area contributed by atoms with Gasteiger partial charge < -0.3 is 10.0 Å². The largest absolute Gasteiger partial charge is 0.507 e. The molecule has 6 rings (SSSR count). The molecular formula is C34H30N4O9. The molecule has 4 unspecified atom stereocenters. The number of nitro benzene ring substituents is 2. The molecule has 1 N–H and O–H groups in total. The van der Waals surface area contributed by atoms with E-state index in [-0.39, 0.29) is 52.5 Å². The van der Waals surface area contributed by atoms with Crippen LogP contribution in [0, 0.1) is 38.0 Å². The van der Waals surface area contributed by atoms with Gasteiger partial charge in [-0.25, -0.2) is 4.90 Å². The van der Waals surface area contributed by atoms with E-state index in [1.807, 2.05) is 0 Å². The first-order valence-electron chi connectivity index (χ1n) is 14.9. The molecule has 13 nitrogen and oxygen atoms in total. The van der Waals surface area contributed by atoms with Crippen LogP contribution < -0.4 is 9.80 Å². The van der Waals surface area contributed by atoms with Crippen molar-refractivity contribution in [1.29, 1.82) is 0 Å². The lowest BCUT2D eigenvalue weighted by Crippen LogP contribution is -2.40. The van der Waals surface area contributed by atoms with E-state index in [0.29, 0.717) is 23.1 Å². The Morgan fingerprint density at radius 1 is 1.04 bits per heavy atom. The number of nitro groups is 2. The zero-order chi connectivity index (χ0) is 34.1. The summed E-state index contributed by atoms with van der Waals surface area (Å²) < 4.78 is 0. The number of aromatic hydroxyl groups is 1. The summed E-state index contributed by atoms with van der Waals surface area (Å²) in [6.07, 6.45) is 5.04. The standard InChI is InChI=1S/C34H30N4O9/c1-5-7-17-8-6-9-20(32(17)41)27-19-10-11-21-28(22(19)15-23-26(39)12-16(2)31(40)29(23)27)34(43)36(33(21)42)18-13-24(37(44)45)30(35(3)4)25(14-18)38(46)47/h5-6,8-10,12-14,21-22,27-28,41H,1,7,11,15H2,2-4H3. The van der Waals surface area contributed by atoms with Gasteiger partial charge in [-0.15, -0.1) is 6.58 Å². The predicted octanol–water partition coefficient (Wildman–Crippen LogP) is 4.64. The number of allylic oxidation sites excluding steroid dienone is 7. The van der Waals surface area contributed by atoms with Crippen molar-refractivity contribution in [3.63, 3.8) is 0 Å². The van der Waals surface area contributed by atoms with Gasteiger partial charge in [0.1, 0.15) is 5.75 Å². The van der Waals surface area contributed by atoms with E-state index in [0.717, 1.165) is 17.0 Å². The van der Waals surface area contributed by atoms with Crippen LogP contribution in [0.15, 0.2) is 77.4 Å². The third-order valence-electron chi connectivity index (χ3n) is 9.54. The number of Topliss-reactive ketones (excluding diaryl/α,β-unsaturated/α-hetero) is 1. The zero-order valence-electron chi connectivity index (χ0n) is 25.8. The maximum absolute atomic E-state index is 14.3. The number of para-hydroxylation sites is 1. The first-order valence-corrected chi connectivity index (χ1v) is 14.9. The number of fused-ring (bicyclic) bond motifs is 3. The minimum atomic E-state index is -1.03. The summed E-state index contributed by atoms with van der Waals surface area (Å²) in [5.41, 5.74) is 0.315. The van der Waals surface area contributed by atoms with Crippen LogP contribution in [0.25, 0.3) is 0 Å². The smallest absolute Gasteiger partial charge is 0.301 e. The highest BCUT2D eigenvalue weighted by Gasteiger charge is 2.57. The van der Waals surface area contributed by atoms with Gasteiger partial charge in [0, 0.05) is 54.4 Å². The Bertz CT molecular complexity index is 1920. The van der Waals surface area contributed by atoms with Crippen molar-refractivity contribution in [2.45, 2.75) is 32.1 Å². The van der Waals surface area contributed by atoms with Gasteiger partial charge in [0.15, 0.2) is 17.3 Å². The summed E-state index contributed by atoms with van der Waals surface area (Å²) in [5.74, 6) is -5.78.